The van der Waals surface area contributed by atoms with Crippen LogP contribution >= 0.6 is 0 Å². The van der Waals surface area contributed by atoms with E-state index in [1.807, 2.05) is 6.08 Å². The number of β-amino-alcohol motifs (C(OH)–C–C–N with tert-alkyl or cyclic N) is 1. The van der Waals surface area contributed by atoms with Crippen LogP contribution < -0.4 is 5.32 Å². The van der Waals surface area contributed by atoms with E-state index in [-0.39, 0.29) is 37.2 Å². The van der Waals surface area contributed by atoms with Gasteiger partial charge in [-0.15, -0.1) is 0 Å². The van der Waals surface area contributed by atoms with Crippen molar-refractivity contribution in [2.75, 3.05) is 6.54 Å². The zero-order valence-corrected chi connectivity index (χ0v) is 14.0. The van der Waals surface area contributed by atoms with Crippen molar-refractivity contribution in [1.29, 1.82) is 0 Å². The van der Waals surface area contributed by atoms with Gasteiger partial charge in [-0.05, 0) is 30.9 Å². The van der Waals surface area contributed by atoms with Crippen molar-refractivity contribution in [2.45, 2.75) is 50.3 Å². The first-order valence-electron chi connectivity index (χ1n) is 8.71. The molecule has 5 nitrogen and oxygen atoms in total. The summed E-state index contributed by atoms with van der Waals surface area (Å²) in [7, 11) is 0. The van der Waals surface area contributed by atoms with Crippen LogP contribution in [-0.2, 0) is 16.0 Å². The summed E-state index contributed by atoms with van der Waals surface area (Å²) in [5, 5.41) is 12.9. The van der Waals surface area contributed by atoms with Crippen molar-refractivity contribution in [3.8, 4) is 0 Å². The molecule has 1 heterocycles. The van der Waals surface area contributed by atoms with Crippen LogP contribution in [-0.4, -0.2) is 46.6 Å². The second kappa shape index (κ2) is 7.78. The normalized spacial score (nSPS) is 25.8. The van der Waals surface area contributed by atoms with Gasteiger partial charge in [0.2, 0.25) is 11.8 Å². The van der Waals surface area contributed by atoms with Gasteiger partial charge in [-0.1, -0.05) is 30.4 Å². The van der Waals surface area contributed by atoms with Gasteiger partial charge in [0.15, 0.2) is 0 Å². The lowest BCUT2D eigenvalue weighted by Crippen LogP contribution is -2.49. The second-order valence-electron chi connectivity index (χ2n) is 6.71. The molecule has 2 amide bonds. The number of benzene rings is 1. The standard InChI is InChI=1S/C19H23FN2O3/c20-16-9-5-4-6-13(16)10-18(24)22-12-15(23)11-17(22)19(25)21-14-7-2-1-3-8-14/h1-2,4-6,9,14-15,17,23H,3,7-8,10-12H2,(H,21,25). The molecule has 3 rings (SSSR count). The Balaban J connectivity index is 1.66. The Morgan fingerprint density at radius 1 is 1.28 bits per heavy atom. The summed E-state index contributed by atoms with van der Waals surface area (Å²) in [4.78, 5) is 26.5. The summed E-state index contributed by atoms with van der Waals surface area (Å²) in [5.74, 6) is -1.02. The van der Waals surface area contributed by atoms with Gasteiger partial charge in [0.25, 0.3) is 0 Å². The van der Waals surface area contributed by atoms with Crippen molar-refractivity contribution < 1.29 is 19.1 Å². The number of carbonyl (C=O) groups excluding carboxylic acids is 2. The number of halogens is 1. The third kappa shape index (κ3) is 4.25. The molecule has 1 fully saturated rings. The van der Waals surface area contributed by atoms with E-state index in [9.17, 15) is 19.1 Å². The Morgan fingerprint density at radius 3 is 2.80 bits per heavy atom. The highest BCUT2D eigenvalue weighted by atomic mass is 19.1. The molecule has 2 aliphatic rings. The largest absolute Gasteiger partial charge is 0.391 e. The highest BCUT2D eigenvalue weighted by molar-refractivity contribution is 5.89. The monoisotopic (exact) mass is 346 g/mol. The van der Waals surface area contributed by atoms with Crippen LogP contribution in [0.1, 0.15) is 31.2 Å². The fraction of sp³-hybridized carbons (Fsp3) is 0.474. The molecule has 1 aliphatic carbocycles. The summed E-state index contributed by atoms with van der Waals surface area (Å²) >= 11 is 0. The third-order valence-electron chi connectivity index (χ3n) is 4.82. The first-order chi connectivity index (χ1) is 12.0. The Labute approximate surface area is 146 Å². The zero-order valence-electron chi connectivity index (χ0n) is 14.0. The molecule has 2 N–H and O–H groups in total. The third-order valence-corrected chi connectivity index (χ3v) is 4.82. The van der Waals surface area contributed by atoms with Gasteiger partial charge in [-0.3, -0.25) is 9.59 Å². The summed E-state index contributed by atoms with van der Waals surface area (Å²) in [6.07, 6.45) is 6.09. The molecule has 0 aromatic heterocycles. The maximum absolute atomic E-state index is 13.8. The fourth-order valence-electron chi connectivity index (χ4n) is 3.47. The van der Waals surface area contributed by atoms with Gasteiger partial charge in [0.05, 0.1) is 12.5 Å². The maximum Gasteiger partial charge on any atom is 0.243 e. The molecule has 1 aromatic carbocycles. The number of likely N-dealkylation sites (tertiary alicyclic amines) is 1. The number of aliphatic hydroxyl groups excluding tert-OH is 1. The average molecular weight is 346 g/mol. The van der Waals surface area contributed by atoms with Crippen LogP contribution in [0.4, 0.5) is 4.39 Å². The Kier molecular flexibility index (Phi) is 5.48. The van der Waals surface area contributed by atoms with E-state index in [2.05, 4.69) is 11.4 Å². The highest BCUT2D eigenvalue weighted by Crippen LogP contribution is 2.21. The SMILES string of the molecule is O=C(NC1CC=CCC1)C1CC(O)CN1C(=O)Cc1ccccc1F. The highest BCUT2D eigenvalue weighted by Gasteiger charge is 2.39. The molecular formula is C19H23FN2O3. The number of amides is 2. The maximum atomic E-state index is 13.8. The Hall–Kier alpha value is -2.21. The predicted octanol–water partition coefficient (Wildman–Crippen LogP) is 1.55. The van der Waals surface area contributed by atoms with Crippen molar-refractivity contribution in [3.05, 3.63) is 47.8 Å². The summed E-state index contributed by atoms with van der Waals surface area (Å²) in [6, 6.07) is 5.48. The first-order valence-corrected chi connectivity index (χ1v) is 8.71. The molecule has 0 spiro atoms. The molecule has 3 atom stereocenters. The molecule has 134 valence electrons. The summed E-state index contributed by atoms with van der Waals surface area (Å²) in [5.41, 5.74) is 0.297. The van der Waals surface area contributed by atoms with Crippen LogP contribution in [0, 0.1) is 5.82 Å². The number of hydrogen-bond donors (Lipinski definition) is 2. The number of nitrogens with one attached hydrogen (secondary N) is 1. The van der Waals surface area contributed by atoms with Crippen molar-refractivity contribution in [3.63, 3.8) is 0 Å². The van der Waals surface area contributed by atoms with Crippen molar-refractivity contribution in [1.82, 2.24) is 10.2 Å². The van der Waals surface area contributed by atoms with E-state index in [1.165, 1.54) is 11.0 Å². The molecule has 25 heavy (non-hydrogen) atoms. The quantitative estimate of drug-likeness (QED) is 0.813. The van der Waals surface area contributed by atoms with E-state index in [1.54, 1.807) is 18.2 Å². The molecule has 0 bridgehead atoms. The summed E-state index contributed by atoms with van der Waals surface area (Å²) in [6.45, 7) is 0.107. The predicted molar refractivity (Wildman–Crippen MR) is 91.2 cm³/mol. The number of carbonyl (C=O) groups is 2. The molecule has 1 aliphatic heterocycles. The minimum atomic E-state index is -0.730. The second-order valence-corrected chi connectivity index (χ2v) is 6.71. The molecule has 3 unspecified atom stereocenters. The first kappa shape index (κ1) is 17.6. The fourth-order valence-corrected chi connectivity index (χ4v) is 3.47. The lowest BCUT2D eigenvalue weighted by atomic mass is 10.0. The van der Waals surface area contributed by atoms with Crippen molar-refractivity contribution in [2.24, 2.45) is 0 Å². The minimum Gasteiger partial charge on any atom is -0.391 e. The Bertz CT molecular complexity index is 676. The molecule has 1 saturated heterocycles. The van der Waals surface area contributed by atoms with Crippen LogP contribution in [0.3, 0.4) is 0 Å². The molecule has 0 radical (unpaired) electrons. The minimum absolute atomic E-state index is 0.0683. The van der Waals surface area contributed by atoms with Gasteiger partial charge in [0.1, 0.15) is 11.9 Å². The van der Waals surface area contributed by atoms with E-state index in [0.717, 1.165) is 19.3 Å². The van der Waals surface area contributed by atoms with Gasteiger partial charge in [0, 0.05) is 19.0 Å². The molecular weight excluding hydrogens is 323 g/mol. The molecule has 1 aromatic rings. The lowest BCUT2D eigenvalue weighted by Gasteiger charge is -2.27. The van der Waals surface area contributed by atoms with Gasteiger partial charge in [-0.25, -0.2) is 4.39 Å². The Morgan fingerprint density at radius 2 is 2.08 bits per heavy atom. The topological polar surface area (TPSA) is 69.6 Å². The van der Waals surface area contributed by atoms with E-state index < -0.39 is 18.0 Å². The van der Waals surface area contributed by atoms with Gasteiger partial charge in [-0.2, -0.15) is 0 Å². The van der Waals surface area contributed by atoms with Crippen LogP contribution in [0.2, 0.25) is 0 Å². The van der Waals surface area contributed by atoms with E-state index >= 15 is 0 Å². The van der Waals surface area contributed by atoms with Crippen LogP contribution in [0.15, 0.2) is 36.4 Å². The van der Waals surface area contributed by atoms with Crippen molar-refractivity contribution >= 4 is 11.8 Å². The van der Waals surface area contributed by atoms with Gasteiger partial charge < -0.3 is 15.3 Å². The van der Waals surface area contributed by atoms with Gasteiger partial charge >= 0.3 is 0 Å². The lowest BCUT2D eigenvalue weighted by molar-refractivity contribution is -0.138. The summed E-state index contributed by atoms with van der Waals surface area (Å²) < 4.78 is 13.8. The zero-order chi connectivity index (χ0) is 17.8. The van der Waals surface area contributed by atoms with E-state index in [0.29, 0.717) is 5.56 Å². The number of allylic oxidation sites excluding steroid dienone is 1. The average Bonchev–Trinajstić information content (AvgIpc) is 3.00. The van der Waals surface area contributed by atoms with E-state index in [4.69, 9.17) is 0 Å². The molecule has 6 heteroatoms. The number of rotatable bonds is 4. The number of aliphatic hydroxyl groups is 1. The van der Waals surface area contributed by atoms with Crippen LogP contribution in [0.25, 0.3) is 0 Å². The number of nitrogens with zero attached hydrogens (tertiary/aromatic N) is 1. The molecule has 0 saturated carbocycles. The number of hydrogen-bond acceptors (Lipinski definition) is 3. The smallest absolute Gasteiger partial charge is 0.243 e. The van der Waals surface area contributed by atoms with Crippen LogP contribution in [0.5, 0.6) is 0 Å².